The van der Waals surface area contributed by atoms with Gasteiger partial charge in [-0.25, -0.2) is 0 Å². The second kappa shape index (κ2) is 8.40. The first-order chi connectivity index (χ1) is 16.4. The number of nitrogens with two attached hydrogens (primary N) is 1. The highest BCUT2D eigenvalue weighted by Gasteiger charge is 2.17. The number of benzene rings is 3. The van der Waals surface area contributed by atoms with E-state index in [1.54, 1.807) is 60.7 Å². The number of para-hydroxylation sites is 1. The number of aryl methyl sites for hydroxylation is 1. The Labute approximate surface area is 194 Å². The zero-order chi connectivity index (χ0) is 23.8. The Morgan fingerprint density at radius 3 is 2.53 bits per heavy atom. The van der Waals surface area contributed by atoms with Crippen molar-refractivity contribution in [1.29, 1.82) is 0 Å². The van der Waals surface area contributed by atoms with Gasteiger partial charge in [-0.05, 0) is 60.3 Å². The van der Waals surface area contributed by atoms with Gasteiger partial charge in [-0.3, -0.25) is 19.0 Å². The highest BCUT2D eigenvalue weighted by molar-refractivity contribution is 6.06. The summed E-state index contributed by atoms with van der Waals surface area (Å²) in [6.07, 6.45) is 0. The van der Waals surface area contributed by atoms with Gasteiger partial charge in [0.2, 0.25) is 0 Å². The van der Waals surface area contributed by atoms with Crippen LogP contribution in [-0.2, 0) is 0 Å². The maximum absolute atomic E-state index is 12.9. The molecule has 5 rings (SSSR count). The number of ether oxygens (including phenoxy) is 2. The number of aromatic nitrogens is 1. The SMILES string of the molecule is Cc1ccc(NC(=O)c2ccc3c(c2)OCCO3)cc1-n1c(=O)ccc2cccc(C(N)=O)c21. The summed E-state index contributed by atoms with van der Waals surface area (Å²) in [6.45, 7) is 2.74. The lowest BCUT2D eigenvalue weighted by Gasteiger charge is -2.19. The second-order valence-electron chi connectivity index (χ2n) is 7.93. The van der Waals surface area contributed by atoms with Crippen molar-refractivity contribution >= 4 is 28.4 Å². The average molecular weight is 455 g/mol. The van der Waals surface area contributed by atoms with Crippen LogP contribution in [0, 0.1) is 6.92 Å². The number of anilines is 1. The summed E-state index contributed by atoms with van der Waals surface area (Å²) < 4.78 is 12.5. The van der Waals surface area contributed by atoms with E-state index >= 15 is 0 Å². The predicted octanol–water partition coefficient (Wildman–Crippen LogP) is 3.42. The Bertz CT molecular complexity index is 1520. The third-order valence-corrected chi connectivity index (χ3v) is 5.69. The summed E-state index contributed by atoms with van der Waals surface area (Å²) in [5.41, 5.74) is 8.14. The molecule has 0 saturated heterocycles. The normalized spacial score (nSPS) is 12.4. The van der Waals surface area contributed by atoms with Gasteiger partial charge in [-0.2, -0.15) is 0 Å². The van der Waals surface area contributed by atoms with Crippen LogP contribution in [0.15, 0.2) is 71.5 Å². The topological polar surface area (TPSA) is 113 Å². The van der Waals surface area contributed by atoms with Crippen LogP contribution in [0.5, 0.6) is 11.5 Å². The molecule has 4 aromatic rings. The van der Waals surface area contributed by atoms with E-state index < -0.39 is 5.91 Å². The van der Waals surface area contributed by atoms with E-state index in [4.69, 9.17) is 15.2 Å². The monoisotopic (exact) mass is 455 g/mol. The fraction of sp³-hybridized carbons (Fsp3) is 0.115. The molecule has 3 N–H and O–H groups in total. The summed E-state index contributed by atoms with van der Waals surface area (Å²) in [7, 11) is 0. The summed E-state index contributed by atoms with van der Waals surface area (Å²) >= 11 is 0. The molecular formula is C26H21N3O5. The lowest BCUT2D eigenvalue weighted by molar-refractivity contribution is 0.0998. The Kier molecular flexibility index (Phi) is 5.25. The first-order valence-electron chi connectivity index (χ1n) is 10.7. The Balaban J connectivity index is 1.56. The maximum atomic E-state index is 12.9. The van der Waals surface area contributed by atoms with Crippen LogP contribution in [0.1, 0.15) is 26.3 Å². The van der Waals surface area contributed by atoms with Crippen LogP contribution in [0.3, 0.4) is 0 Å². The Hall–Kier alpha value is -4.59. The number of nitrogens with zero attached hydrogens (tertiary/aromatic N) is 1. The van der Waals surface area contributed by atoms with Crippen LogP contribution in [-0.4, -0.2) is 29.6 Å². The Morgan fingerprint density at radius 1 is 0.941 bits per heavy atom. The molecule has 8 nitrogen and oxygen atoms in total. The summed E-state index contributed by atoms with van der Waals surface area (Å²) in [6, 6.07) is 18.4. The number of carbonyl (C=O) groups excluding carboxylic acids is 2. The minimum atomic E-state index is -0.634. The van der Waals surface area contributed by atoms with Crippen molar-refractivity contribution in [1.82, 2.24) is 4.57 Å². The third kappa shape index (κ3) is 3.75. The number of hydrogen-bond acceptors (Lipinski definition) is 5. The van der Waals surface area contributed by atoms with Gasteiger partial charge in [0.15, 0.2) is 11.5 Å². The smallest absolute Gasteiger partial charge is 0.255 e. The van der Waals surface area contributed by atoms with Crippen LogP contribution in [0.4, 0.5) is 5.69 Å². The molecule has 1 aliphatic heterocycles. The molecule has 1 aliphatic rings. The van der Waals surface area contributed by atoms with Crippen molar-refractivity contribution in [2.24, 2.45) is 5.73 Å². The maximum Gasteiger partial charge on any atom is 0.255 e. The van der Waals surface area contributed by atoms with Crippen LogP contribution in [0.2, 0.25) is 0 Å². The van der Waals surface area contributed by atoms with Gasteiger partial charge >= 0.3 is 0 Å². The first-order valence-corrected chi connectivity index (χ1v) is 10.7. The molecule has 0 unspecified atom stereocenters. The highest BCUT2D eigenvalue weighted by atomic mass is 16.6. The van der Waals surface area contributed by atoms with Crippen molar-refractivity contribution in [3.05, 3.63) is 93.8 Å². The molecule has 1 aromatic heterocycles. The van der Waals surface area contributed by atoms with E-state index in [-0.39, 0.29) is 17.0 Å². The molecule has 0 fully saturated rings. The van der Waals surface area contributed by atoms with Gasteiger partial charge in [-0.15, -0.1) is 0 Å². The van der Waals surface area contributed by atoms with Crippen molar-refractivity contribution in [3.63, 3.8) is 0 Å². The molecule has 0 aliphatic carbocycles. The van der Waals surface area contributed by atoms with Crippen molar-refractivity contribution < 1.29 is 19.1 Å². The van der Waals surface area contributed by atoms with Crippen molar-refractivity contribution in [2.45, 2.75) is 6.92 Å². The van der Waals surface area contributed by atoms with Gasteiger partial charge in [0.05, 0.1) is 16.8 Å². The Morgan fingerprint density at radius 2 is 1.74 bits per heavy atom. The van der Waals surface area contributed by atoms with Crippen LogP contribution in [0.25, 0.3) is 16.6 Å². The number of primary amides is 1. The molecule has 0 atom stereocenters. The lowest BCUT2D eigenvalue weighted by atomic mass is 10.1. The summed E-state index contributed by atoms with van der Waals surface area (Å²) in [5, 5.41) is 3.56. The molecule has 34 heavy (non-hydrogen) atoms. The molecule has 0 radical (unpaired) electrons. The number of hydrogen-bond donors (Lipinski definition) is 2. The highest BCUT2D eigenvalue weighted by Crippen LogP contribution is 2.31. The fourth-order valence-electron chi connectivity index (χ4n) is 4.05. The molecule has 3 aromatic carbocycles. The lowest BCUT2D eigenvalue weighted by Crippen LogP contribution is -2.22. The molecular weight excluding hydrogens is 434 g/mol. The van der Waals surface area contributed by atoms with Gasteiger partial charge < -0.3 is 20.5 Å². The molecule has 2 amide bonds. The van der Waals surface area contributed by atoms with Crippen LogP contribution >= 0.6 is 0 Å². The fourth-order valence-corrected chi connectivity index (χ4v) is 4.05. The van der Waals surface area contributed by atoms with Crippen molar-refractivity contribution in [2.75, 3.05) is 18.5 Å². The number of nitrogens with one attached hydrogen (secondary N) is 1. The molecule has 0 spiro atoms. The number of rotatable bonds is 4. The zero-order valence-corrected chi connectivity index (χ0v) is 18.3. The standard InChI is InChI=1S/C26H21N3O5/c1-15-5-8-18(28-26(32)17-6-9-21-22(13-17)34-12-11-33-21)14-20(15)29-23(30)10-7-16-3-2-4-19(24(16)29)25(27)31/h2-10,13-14H,11-12H2,1H3,(H2,27,31)(H,28,32). The molecule has 0 saturated carbocycles. The first kappa shape index (κ1) is 21.3. The minimum Gasteiger partial charge on any atom is -0.486 e. The molecule has 170 valence electrons. The largest absolute Gasteiger partial charge is 0.486 e. The van der Waals surface area contributed by atoms with Gasteiger partial charge in [0, 0.05) is 17.3 Å². The van der Waals surface area contributed by atoms with Gasteiger partial charge in [0.1, 0.15) is 13.2 Å². The van der Waals surface area contributed by atoms with E-state index in [1.807, 2.05) is 6.92 Å². The number of fused-ring (bicyclic) bond motifs is 2. The van der Waals surface area contributed by atoms with E-state index in [1.165, 1.54) is 10.6 Å². The predicted molar refractivity (Wildman–Crippen MR) is 128 cm³/mol. The molecule has 8 heteroatoms. The zero-order valence-electron chi connectivity index (χ0n) is 18.3. The molecule has 2 heterocycles. The van der Waals surface area contributed by atoms with Gasteiger partial charge in [-0.1, -0.05) is 18.2 Å². The van der Waals surface area contributed by atoms with Crippen molar-refractivity contribution in [3.8, 4) is 17.2 Å². The average Bonchev–Trinajstić information content (AvgIpc) is 2.84. The summed E-state index contributed by atoms with van der Waals surface area (Å²) in [4.78, 5) is 38.0. The third-order valence-electron chi connectivity index (χ3n) is 5.69. The van der Waals surface area contributed by atoms with Crippen LogP contribution < -0.4 is 26.1 Å². The quantitative estimate of drug-likeness (QED) is 0.490. The van der Waals surface area contributed by atoms with E-state index in [0.29, 0.717) is 52.6 Å². The van der Waals surface area contributed by atoms with Gasteiger partial charge in [0.25, 0.3) is 17.4 Å². The van der Waals surface area contributed by atoms with E-state index in [9.17, 15) is 14.4 Å². The number of amides is 2. The number of pyridine rings is 1. The molecule has 0 bridgehead atoms. The van der Waals surface area contributed by atoms with E-state index in [0.717, 1.165) is 5.56 Å². The van der Waals surface area contributed by atoms with E-state index in [2.05, 4.69) is 5.32 Å². The summed E-state index contributed by atoms with van der Waals surface area (Å²) in [5.74, 6) is 0.145. The second-order valence-corrected chi connectivity index (χ2v) is 7.93. The minimum absolute atomic E-state index is 0.236. The number of carbonyl (C=O) groups is 2.